The summed E-state index contributed by atoms with van der Waals surface area (Å²) in [7, 11) is 0. The van der Waals surface area contributed by atoms with Crippen LogP contribution in [0.25, 0.3) is 0 Å². The molecule has 0 radical (unpaired) electrons. The first-order chi connectivity index (χ1) is 9.08. The van der Waals surface area contributed by atoms with E-state index in [9.17, 15) is 15.2 Å². The summed E-state index contributed by atoms with van der Waals surface area (Å²) in [6, 6.07) is 11.8. The molecule has 0 fully saturated rings. The number of nitro benzene ring substituents is 1. The Hall–Kier alpha value is -2.56. The van der Waals surface area contributed by atoms with Gasteiger partial charge in [-0.05, 0) is 24.1 Å². The average molecular weight is 258 g/mol. The number of hydrogen-bond donors (Lipinski definition) is 2. The third-order valence-corrected chi connectivity index (χ3v) is 2.84. The summed E-state index contributed by atoms with van der Waals surface area (Å²) in [5.41, 5.74) is 2.25. The molecule has 2 N–H and O–H groups in total. The molecule has 0 aliphatic heterocycles. The molecular formula is C14H14N2O3. The van der Waals surface area contributed by atoms with E-state index in [1.54, 1.807) is 18.2 Å². The quantitative estimate of drug-likeness (QED) is 0.501. The van der Waals surface area contributed by atoms with Crippen molar-refractivity contribution >= 4 is 11.4 Å². The Labute approximate surface area is 110 Å². The number of phenolic OH excluding ortho intramolecular Hbond substituents is 1. The van der Waals surface area contributed by atoms with Crippen molar-refractivity contribution in [2.75, 3.05) is 5.32 Å². The van der Waals surface area contributed by atoms with Gasteiger partial charge in [-0.3, -0.25) is 10.1 Å². The van der Waals surface area contributed by atoms with Gasteiger partial charge in [0.2, 0.25) is 0 Å². The topological polar surface area (TPSA) is 75.4 Å². The lowest BCUT2D eigenvalue weighted by Crippen LogP contribution is -2.00. The van der Waals surface area contributed by atoms with Crippen LogP contribution in [0.5, 0.6) is 5.75 Å². The van der Waals surface area contributed by atoms with Crippen molar-refractivity contribution in [3.63, 3.8) is 0 Å². The summed E-state index contributed by atoms with van der Waals surface area (Å²) in [6.07, 6.45) is 0. The third-order valence-electron chi connectivity index (χ3n) is 2.84. The number of nitro groups is 1. The van der Waals surface area contributed by atoms with Crippen LogP contribution in [0.3, 0.4) is 0 Å². The lowest BCUT2D eigenvalue weighted by Gasteiger charge is -2.10. The molecule has 0 atom stereocenters. The highest BCUT2D eigenvalue weighted by Gasteiger charge is 2.07. The predicted octanol–water partition coefficient (Wildman–Crippen LogP) is 3.22. The van der Waals surface area contributed by atoms with Crippen molar-refractivity contribution in [2.24, 2.45) is 0 Å². The molecule has 5 nitrogen and oxygen atoms in total. The largest absolute Gasteiger partial charge is 0.506 e. The molecule has 0 aromatic heterocycles. The molecule has 5 heteroatoms. The van der Waals surface area contributed by atoms with Crippen molar-refractivity contribution in [1.82, 2.24) is 0 Å². The number of aryl methyl sites for hydroxylation is 1. The molecule has 0 saturated carbocycles. The molecule has 98 valence electrons. The van der Waals surface area contributed by atoms with E-state index in [0.29, 0.717) is 12.2 Å². The van der Waals surface area contributed by atoms with Crippen LogP contribution < -0.4 is 5.32 Å². The van der Waals surface area contributed by atoms with Gasteiger partial charge >= 0.3 is 0 Å². The second-order valence-corrected chi connectivity index (χ2v) is 4.25. The first kappa shape index (κ1) is 12.9. The van der Waals surface area contributed by atoms with Crippen LogP contribution in [0.15, 0.2) is 42.5 Å². The number of anilines is 1. The van der Waals surface area contributed by atoms with E-state index in [1.165, 1.54) is 12.1 Å². The van der Waals surface area contributed by atoms with E-state index in [1.807, 2.05) is 19.1 Å². The number of para-hydroxylation sites is 1. The van der Waals surface area contributed by atoms with Crippen molar-refractivity contribution < 1.29 is 10.0 Å². The minimum Gasteiger partial charge on any atom is -0.506 e. The van der Waals surface area contributed by atoms with Gasteiger partial charge in [-0.15, -0.1) is 0 Å². The zero-order valence-electron chi connectivity index (χ0n) is 10.5. The fourth-order valence-corrected chi connectivity index (χ4v) is 1.78. The third kappa shape index (κ3) is 3.01. The number of rotatable bonds is 4. The van der Waals surface area contributed by atoms with Gasteiger partial charge in [0.15, 0.2) is 0 Å². The summed E-state index contributed by atoms with van der Waals surface area (Å²) >= 11 is 0. The van der Waals surface area contributed by atoms with Gasteiger partial charge in [-0.1, -0.05) is 24.3 Å². The summed E-state index contributed by atoms with van der Waals surface area (Å²) in [5, 5.41) is 23.6. The first-order valence-corrected chi connectivity index (χ1v) is 5.83. The van der Waals surface area contributed by atoms with Crippen molar-refractivity contribution in [1.29, 1.82) is 0 Å². The molecule has 0 unspecified atom stereocenters. The SMILES string of the molecule is Cc1cccc(NCc2cccc([N+](=O)[O-])c2)c1O. The number of benzene rings is 2. The number of non-ortho nitro benzene ring substituents is 1. The van der Waals surface area contributed by atoms with Crippen LogP contribution in [0, 0.1) is 17.0 Å². The van der Waals surface area contributed by atoms with E-state index in [0.717, 1.165) is 11.1 Å². The standard InChI is InChI=1S/C14H14N2O3/c1-10-4-2-7-13(14(10)17)15-9-11-5-3-6-12(8-11)16(18)19/h2-8,15,17H,9H2,1H3. The molecule has 2 aromatic rings. The monoisotopic (exact) mass is 258 g/mol. The Balaban J connectivity index is 2.12. The number of hydrogen-bond acceptors (Lipinski definition) is 4. The fourth-order valence-electron chi connectivity index (χ4n) is 1.78. The van der Waals surface area contributed by atoms with Gasteiger partial charge in [0.05, 0.1) is 10.6 Å². The minimum absolute atomic E-state index is 0.0627. The highest BCUT2D eigenvalue weighted by atomic mass is 16.6. The summed E-state index contributed by atoms with van der Waals surface area (Å²) in [4.78, 5) is 10.2. The summed E-state index contributed by atoms with van der Waals surface area (Å²) in [5.74, 6) is 0.202. The zero-order chi connectivity index (χ0) is 13.8. The summed E-state index contributed by atoms with van der Waals surface area (Å²) < 4.78 is 0. The Kier molecular flexibility index (Phi) is 3.66. The lowest BCUT2D eigenvalue weighted by atomic mass is 10.1. The second-order valence-electron chi connectivity index (χ2n) is 4.25. The van der Waals surface area contributed by atoms with Crippen LogP contribution in [-0.4, -0.2) is 10.0 Å². The molecule has 2 rings (SSSR count). The van der Waals surface area contributed by atoms with Crippen LogP contribution in [0.4, 0.5) is 11.4 Å². The van der Waals surface area contributed by atoms with Gasteiger partial charge in [0.25, 0.3) is 5.69 Å². The van der Waals surface area contributed by atoms with Crippen LogP contribution >= 0.6 is 0 Å². The second kappa shape index (κ2) is 5.39. The number of aromatic hydroxyl groups is 1. The Morgan fingerprint density at radius 3 is 2.74 bits per heavy atom. The molecule has 2 aromatic carbocycles. The van der Waals surface area contributed by atoms with Crippen LogP contribution in [-0.2, 0) is 6.54 Å². The molecule has 0 amide bonds. The lowest BCUT2D eigenvalue weighted by molar-refractivity contribution is -0.384. The first-order valence-electron chi connectivity index (χ1n) is 5.83. The van der Waals surface area contributed by atoms with Gasteiger partial charge in [0.1, 0.15) is 5.75 Å². The Morgan fingerprint density at radius 1 is 1.26 bits per heavy atom. The van der Waals surface area contributed by atoms with E-state index in [-0.39, 0.29) is 11.4 Å². The predicted molar refractivity (Wildman–Crippen MR) is 73.3 cm³/mol. The maximum absolute atomic E-state index is 10.7. The minimum atomic E-state index is -0.423. The Morgan fingerprint density at radius 2 is 2.00 bits per heavy atom. The molecule has 0 aliphatic rings. The van der Waals surface area contributed by atoms with E-state index >= 15 is 0 Å². The maximum atomic E-state index is 10.7. The highest BCUT2D eigenvalue weighted by molar-refractivity contribution is 5.59. The average Bonchev–Trinajstić information content (AvgIpc) is 2.41. The van der Waals surface area contributed by atoms with Crippen molar-refractivity contribution in [2.45, 2.75) is 13.5 Å². The summed E-state index contributed by atoms with van der Waals surface area (Å²) in [6.45, 7) is 2.23. The fraction of sp³-hybridized carbons (Fsp3) is 0.143. The van der Waals surface area contributed by atoms with Gasteiger partial charge in [-0.25, -0.2) is 0 Å². The molecule has 0 spiro atoms. The smallest absolute Gasteiger partial charge is 0.269 e. The van der Waals surface area contributed by atoms with E-state index in [2.05, 4.69) is 5.32 Å². The van der Waals surface area contributed by atoms with Gasteiger partial charge in [-0.2, -0.15) is 0 Å². The van der Waals surface area contributed by atoms with Crippen LogP contribution in [0.1, 0.15) is 11.1 Å². The number of nitrogens with one attached hydrogen (secondary N) is 1. The molecular weight excluding hydrogens is 244 g/mol. The van der Waals surface area contributed by atoms with E-state index in [4.69, 9.17) is 0 Å². The molecule has 0 saturated heterocycles. The number of phenols is 1. The van der Waals surface area contributed by atoms with Gasteiger partial charge < -0.3 is 10.4 Å². The maximum Gasteiger partial charge on any atom is 0.269 e. The van der Waals surface area contributed by atoms with Crippen molar-refractivity contribution in [3.05, 3.63) is 63.7 Å². The molecule has 19 heavy (non-hydrogen) atoms. The molecule has 0 bridgehead atoms. The van der Waals surface area contributed by atoms with Crippen molar-refractivity contribution in [3.8, 4) is 5.75 Å². The molecule has 0 heterocycles. The normalized spacial score (nSPS) is 10.2. The van der Waals surface area contributed by atoms with E-state index < -0.39 is 4.92 Å². The van der Waals surface area contributed by atoms with Crippen LogP contribution in [0.2, 0.25) is 0 Å². The molecule has 0 aliphatic carbocycles. The van der Waals surface area contributed by atoms with Gasteiger partial charge in [0, 0.05) is 18.7 Å². The Bertz CT molecular complexity index is 611. The number of nitrogens with zero attached hydrogens (tertiary/aromatic N) is 1. The zero-order valence-corrected chi connectivity index (χ0v) is 10.5. The highest BCUT2D eigenvalue weighted by Crippen LogP contribution is 2.27.